The first-order chi connectivity index (χ1) is 9.67. The van der Waals surface area contributed by atoms with E-state index < -0.39 is 0 Å². The van der Waals surface area contributed by atoms with Crippen LogP contribution in [0, 0.1) is 0 Å². The monoisotopic (exact) mass is 275 g/mol. The number of benzene rings is 1. The molecule has 1 aromatic carbocycles. The Hall–Kier alpha value is -2.01. The van der Waals surface area contributed by atoms with Crippen molar-refractivity contribution in [1.82, 2.24) is 9.78 Å². The number of ether oxygens (including phenoxy) is 1. The molecule has 5 nitrogen and oxygen atoms in total. The summed E-state index contributed by atoms with van der Waals surface area (Å²) in [6, 6.07) is 8.04. The van der Waals surface area contributed by atoms with Crippen molar-refractivity contribution in [2.45, 2.75) is 33.0 Å². The number of anilines is 1. The fourth-order valence-electron chi connectivity index (χ4n) is 1.88. The number of aliphatic hydroxyl groups excluding tert-OH is 1. The predicted octanol–water partition coefficient (Wildman–Crippen LogP) is 2.27. The van der Waals surface area contributed by atoms with E-state index in [1.807, 2.05) is 38.2 Å². The van der Waals surface area contributed by atoms with E-state index in [9.17, 15) is 0 Å². The van der Waals surface area contributed by atoms with Crippen molar-refractivity contribution in [1.29, 1.82) is 0 Å². The number of hydrogen-bond acceptors (Lipinski definition) is 4. The number of aliphatic hydroxyl groups is 1. The Balaban J connectivity index is 1.92. The van der Waals surface area contributed by atoms with Crippen molar-refractivity contribution < 1.29 is 9.84 Å². The van der Waals surface area contributed by atoms with Crippen molar-refractivity contribution >= 4 is 5.69 Å². The second-order valence-corrected chi connectivity index (χ2v) is 4.88. The van der Waals surface area contributed by atoms with Gasteiger partial charge in [-0.25, -0.2) is 0 Å². The number of rotatable bonds is 7. The second kappa shape index (κ2) is 6.96. The molecule has 1 aromatic heterocycles. The molecule has 0 aliphatic rings. The third kappa shape index (κ3) is 4.28. The first kappa shape index (κ1) is 14.4. The molecule has 0 amide bonds. The highest BCUT2D eigenvalue weighted by atomic mass is 16.5. The number of nitrogens with zero attached hydrogens (tertiary/aromatic N) is 2. The molecule has 0 aliphatic heterocycles. The summed E-state index contributed by atoms with van der Waals surface area (Å²) in [5.74, 6) is 0.885. The topological polar surface area (TPSA) is 59.3 Å². The van der Waals surface area contributed by atoms with Crippen LogP contribution in [-0.2, 0) is 13.1 Å². The van der Waals surface area contributed by atoms with Gasteiger partial charge in [-0.05, 0) is 31.5 Å². The largest absolute Gasteiger partial charge is 0.491 e. The maximum absolute atomic E-state index is 8.84. The van der Waals surface area contributed by atoms with Gasteiger partial charge in [-0.3, -0.25) is 4.68 Å². The van der Waals surface area contributed by atoms with Gasteiger partial charge in [0.15, 0.2) is 0 Å². The third-order valence-corrected chi connectivity index (χ3v) is 2.73. The Labute approximate surface area is 119 Å². The minimum atomic E-state index is 0.0930. The summed E-state index contributed by atoms with van der Waals surface area (Å²) >= 11 is 0. The van der Waals surface area contributed by atoms with Gasteiger partial charge in [0, 0.05) is 12.7 Å². The van der Waals surface area contributed by atoms with Crippen LogP contribution in [0.1, 0.15) is 19.4 Å². The van der Waals surface area contributed by atoms with Gasteiger partial charge in [0.25, 0.3) is 0 Å². The van der Waals surface area contributed by atoms with Crippen LogP contribution in [0.3, 0.4) is 0 Å². The fourth-order valence-corrected chi connectivity index (χ4v) is 1.88. The molecule has 0 atom stereocenters. The highest BCUT2D eigenvalue weighted by Crippen LogP contribution is 2.16. The zero-order valence-corrected chi connectivity index (χ0v) is 11.9. The molecule has 20 heavy (non-hydrogen) atoms. The first-order valence-corrected chi connectivity index (χ1v) is 6.80. The van der Waals surface area contributed by atoms with Gasteiger partial charge in [0.2, 0.25) is 0 Å². The molecule has 1 heterocycles. The Morgan fingerprint density at radius 3 is 3.00 bits per heavy atom. The summed E-state index contributed by atoms with van der Waals surface area (Å²) in [6.45, 7) is 5.34. The van der Waals surface area contributed by atoms with Crippen LogP contribution in [0.25, 0.3) is 0 Å². The van der Waals surface area contributed by atoms with E-state index in [4.69, 9.17) is 9.84 Å². The zero-order chi connectivity index (χ0) is 14.4. The van der Waals surface area contributed by atoms with Crippen LogP contribution < -0.4 is 10.1 Å². The van der Waals surface area contributed by atoms with Gasteiger partial charge in [-0.2, -0.15) is 5.10 Å². The number of aromatic nitrogens is 2. The van der Waals surface area contributed by atoms with E-state index in [0.29, 0.717) is 13.1 Å². The lowest BCUT2D eigenvalue weighted by Gasteiger charge is -2.11. The van der Waals surface area contributed by atoms with E-state index in [0.717, 1.165) is 17.0 Å². The molecule has 5 heteroatoms. The average molecular weight is 275 g/mol. The fraction of sp³-hybridized carbons (Fsp3) is 0.400. The van der Waals surface area contributed by atoms with Gasteiger partial charge < -0.3 is 15.2 Å². The van der Waals surface area contributed by atoms with E-state index in [1.165, 1.54) is 0 Å². The molecule has 0 unspecified atom stereocenters. The molecule has 2 N–H and O–H groups in total. The summed E-state index contributed by atoms with van der Waals surface area (Å²) in [5.41, 5.74) is 2.09. The molecular formula is C15H21N3O2. The molecule has 0 fully saturated rings. The summed E-state index contributed by atoms with van der Waals surface area (Å²) in [5, 5.41) is 16.3. The smallest absolute Gasteiger partial charge is 0.120 e. The number of hydrogen-bond donors (Lipinski definition) is 2. The van der Waals surface area contributed by atoms with E-state index in [1.54, 1.807) is 10.9 Å². The van der Waals surface area contributed by atoms with Gasteiger partial charge in [0.1, 0.15) is 5.75 Å². The maximum Gasteiger partial charge on any atom is 0.120 e. The molecule has 0 saturated carbocycles. The highest BCUT2D eigenvalue weighted by molar-refractivity contribution is 5.40. The second-order valence-electron chi connectivity index (χ2n) is 4.88. The van der Waals surface area contributed by atoms with Crippen molar-refractivity contribution in [3.63, 3.8) is 0 Å². The van der Waals surface area contributed by atoms with Crippen molar-refractivity contribution in [2.75, 3.05) is 11.9 Å². The molecule has 0 spiro atoms. The van der Waals surface area contributed by atoms with Crippen molar-refractivity contribution in [2.24, 2.45) is 0 Å². The van der Waals surface area contributed by atoms with E-state index in [-0.39, 0.29) is 12.7 Å². The van der Waals surface area contributed by atoms with Crippen LogP contribution in [0.5, 0.6) is 5.75 Å². The van der Waals surface area contributed by atoms with Crippen LogP contribution in [0.15, 0.2) is 36.7 Å². The summed E-state index contributed by atoms with van der Waals surface area (Å²) in [4.78, 5) is 0. The third-order valence-electron chi connectivity index (χ3n) is 2.73. The maximum atomic E-state index is 8.84. The predicted molar refractivity (Wildman–Crippen MR) is 78.8 cm³/mol. The van der Waals surface area contributed by atoms with Crippen molar-refractivity contribution in [3.8, 4) is 5.75 Å². The summed E-state index contributed by atoms with van der Waals surface area (Å²) in [6.07, 6.45) is 3.81. The lowest BCUT2D eigenvalue weighted by Crippen LogP contribution is -2.06. The van der Waals surface area contributed by atoms with Crippen LogP contribution in [-0.4, -0.2) is 27.6 Å². The molecule has 2 rings (SSSR count). The van der Waals surface area contributed by atoms with Gasteiger partial charge in [0.05, 0.1) is 31.1 Å². The van der Waals surface area contributed by atoms with E-state index >= 15 is 0 Å². The van der Waals surface area contributed by atoms with Gasteiger partial charge in [-0.15, -0.1) is 0 Å². The Morgan fingerprint density at radius 2 is 2.25 bits per heavy atom. The Morgan fingerprint density at radius 1 is 1.40 bits per heavy atom. The lowest BCUT2D eigenvalue weighted by molar-refractivity contribution is 0.242. The molecular weight excluding hydrogens is 254 g/mol. The van der Waals surface area contributed by atoms with Crippen LogP contribution in [0.4, 0.5) is 5.69 Å². The summed E-state index contributed by atoms with van der Waals surface area (Å²) < 4.78 is 7.38. The first-order valence-electron chi connectivity index (χ1n) is 6.80. The average Bonchev–Trinajstić information content (AvgIpc) is 2.84. The molecule has 0 saturated heterocycles. The van der Waals surface area contributed by atoms with E-state index in [2.05, 4.69) is 16.5 Å². The molecule has 108 valence electrons. The van der Waals surface area contributed by atoms with Crippen molar-refractivity contribution in [3.05, 3.63) is 42.2 Å². The highest BCUT2D eigenvalue weighted by Gasteiger charge is 2.01. The Bertz CT molecular complexity index is 537. The minimum Gasteiger partial charge on any atom is -0.491 e. The molecule has 0 radical (unpaired) electrons. The quantitative estimate of drug-likeness (QED) is 0.814. The van der Waals surface area contributed by atoms with Gasteiger partial charge >= 0.3 is 0 Å². The Kier molecular flexibility index (Phi) is 5.01. The lowest BCUT2D eigenvalue weighted by atomic mass is 10.2. The number of nitrogens with one attached hydrogen (secondary N) is 1. The molecule has 0 aliphatic carbocycles. The van der Waals surface area contributed by atoms with Crippen LogP contribution in [0.2, 0.25) is 0 Å². The normalized spacial score (nSPS) is 10.8. The summed E-state index contributed by atoms with van der Waals surface area (Å²) in [7, 11) is 0. The van der Waals surface area contributed by atoms with Gasteiger partial charge in [-0.1, -0.05) is 12.1 Å². The molecule has 0 bridgehead atoms. The SMILES string of the molecule is CC(C)Oc1cccc(CNc2cnn(CCO)c2)c1. The van der Waals surface area contributed by atoms with Crippen LogP contribution >= 0.6 is 0 Å². The molecule has 2 aromatic rings. The minimum absolute atomic E-state index is 0.0930. The zero-order valence-electron chi connectivity index (χ0n) is 11.9. The standard InChI is InChI=1S/C15H21N3O2/c1-12(2)20-15-5-3-4-13(8-15)9-16-14-10-17-18(11-14)6-7-19/h3-5,8,10-12,16,19H,6-7,9H2,1-2H3.